The molecule has 2 heteroatoms. The monoisotopic (exact) mass is 452 g/mol. The molecular formula is C33H28N2. The number of aromatic nitrogens is 2. The molecule has 0 unspecified atom stereocenters. The van der Waals surface area contributed by atoms with Gasteiger partial charge in [0.1, 0.15) is 0 Å². The molecule has 4 aliphatic carbocycles. The third kappa shape index (κ3) is 2.65. The molecule has 2 heterocycles. The standard InChI is InChI=1S/C33H28N2/c1-34-29-17-22(21-9-3-2-4-10-21)15-16-26(29)27-19-28-31(20-30(27)34)35(24-12-6-7-13-24)32-18-23-11-5-8-14-25(23)33(28)32/h2-3,6-9,12,14-17,19-20H,4-5,10-11,13,18H2,1H3. The number of benzene rings is 2. The van der Waals surface area contributed by atoms with Crippen LogP contribution in [0.4, 0.5) is 0 Å². The fraction of sp³-hybridized carbons (Fsp3) is 0.212. The summed E-state index contributed by atoms with van der Waals surface area (Å²) in [7, 11) is 2.23. The van der Waals surface area contributed by atoms with Gasteiger partial charge in [0.15, 0.2) is 0 Å². The number of allylic oxidation sites excluding steroid dienone is 12. The Morgan fingerprint density at radius 2 is 1.66 bits per heavy atom. The molecule has 0 saturated heterocycles. The van der Waals surface area contributed by atoms with Crippen LogP contribution in [0.25, 0.3) is 49.6 Å². The van der Waals surface area contributed by atoms with Crippen LogP contribution in [0.2, 0.25) is 0 Å². The van der Waals surface area contributed by atoms with E-state index in [-0.39, 0.29) is 0 Å². The minimum atomic E-state index is 1.01. The molecule has 170 valence electrons. The highest BCUT2D eigenvalue weighted by Crippen LogP contribution is 2.47. The van der Waals surface area contributed by atoms with Gasteiger partial charge in [-0.1, -0.05) is 60.2 Å². The fourth-order valence-electron chi connectivity index (χ4n) is 6.83. The molecule has 35 heavy (non-hydrogen) atoms. The molecule has 0 radical (unpaired) electrons. The Morgan fingerprint density at radius 3 is 2.51 bits per heavy atom. The second kappa shape index (κ2) is 7.11. The minimum Gasteiger partial charge on any atom is -0.344 e. The quantitative estimate of drug-likeness (QED) is 0.289. The molecule has 0 saturated carbocycles. The van der Waals surface area contributed by atoms with Crippen molar-refractivity contribution in [2.45, 2.75) is 38.5 Å². The smallest absolute Gasteiger partial charge is 0.0556 e. The lowest BCUT2D eigenvalue weighted by Crippen LogP contribution is -2.01. The number of hydrogen-bond acceptors (Lipinski definition) is 0. The third-order valence-corrected chi connectivity index (χ3v) is 8.55. The van der Waals surface area contributed by atoms with E-state index >= 15 is 0 Å². The van der Waals surface area contributed by atoms with Crippen LogP contribution in [0.5, 0.6) is 0 Å². The van der Waals surface area contributed by atoms with Crippen molar-refractivity contribution in [3.63, 3.8) is 0 Å². The van der Waals surface area contributed by atoms with E-state index < -0.39 is 0 Å². The van der Waals surface area contributed by atoms with Gasteiger partial charge in [-0.3, -0.25) is 0 Å². The molecule has 4 aromatic rings. The summed E-state index contributed by atoms with van der Waals surface area (Å²) in [6.45, 7) is 0. The molecule has 0 atom stereocenters. The van der Waals surface area contributed by atoms with Gasteiger partial charge in [-0.05, 0) is 66.7 Å². The molecule has 0 N–H and O–H groups in total. The van der Waals surface area contributed by atoms with Crippen molar-refractivity contribution in [2.24, 2.45) is 7.05 Å². The molecule has 2 aromatic carbocycles. The average Bonchev–Trinajstić information content (AvgIpc) is 3.67. The largest absolute Gasteiger partial charge is 0.344 e. The highest BCUT2D eigenvalue weighted by atomic mass is 15.0. The summed E-state index contributed by atoms with van der Waals surface area (Å²) >= 11 is 0. The van der Waals surface area contributed by atoms with Gasteiger partial charge in [0.05, 0.1) is 11.0 Å². The Balaban J connectivity index is 1.43. The number of hydrogen-bond donors (Lipinski definition) is 0. The van der Waals surface area contributed by atoms with E-state index in [0.717, 1.165) is 25.7 Å². The fourth-order valence-corrected chi connectivity index (χ4v) is 6.83. The van der Waals surface area contributed by atoms with Crippen LogP contribution in [0.1, 0.15) is 48.9 Å². The van der Waals surface area contributed by atoms with Crippen molar-refractivity contribution in [1.29, 1.82) is 0 Å². The van der Waals surface area contributed by atoms with E-state index in [4.69, 9.17) is 0 Å². The predicted octanol–water partition coefficient (Wildman–Crippen LogP) is 8.48. The van der Waals surface area contributed by atoms with Crippen LogP contribution in [-0.4, -0.2) is 9.13 Å². The lowest BCUT2D eigenvalue weighted by molar-refractivity contribution is 0.901. The Kier molecular flexibility index (Phi) is 3.97. The van der Waals surface area contributed by atoms with E-state index in [9.17, 15) is 0 Å². The summed E-state index contributed by atoms with van der Waals surface area (Å²) in [6, 6.07) is 12.0. The average molecular weight is 453 g/mol. The zero-order valence-electron chi connectivity index (χ0n) is 20.1. The van der Waals surface area contributed by atoms with Crippen LogP contribution >= 0.6 is 0 Å². The molecule has 2 aromatic heterocycles. The molecule has 0 amide bonds. The molecular weight excluding hydrogens is 424 g/mol. The van der Waals surface area contributed by atoms with Gasteiger partial charge < -0.3 is 9.13 Å². The van der Waals surface area contributed by atoms with Crippen molar-refractivity contribution in [1.82, 2.24) is 9.13 Å². The summed E-state index contributed by atoms with van der Waals surface area (Å²) in [5.74, 6) is 0. The van der Waals surface area contributed by atoms with E-state index in [0.29, 0.717) is 0 Å². The molecule has 0 spiro atoms. The summed E-state index contributed by atoms with van der Waals surface area (Å²) in [5.41, 5.74) is 14.3. The summed E-state index contributed by atoms with van der Waals surface area (Å²) in [5, 5.41) is 4.13. The van der Waals surface area contributed by atoms with E-state index in [2.05, 4.69) is 95.1 Å². The summed E-state index contributed by atoms with van der Waals surface area (Å²) < 4.78 is 4.99. The molecule has 2 nitrogen and oxygen atoms in total. The Morgan fingerprint density at radius 1 is 0.771 bits per heavy atom. The Hall–Kier alpha value is -3.78. The van der Waals surface area contributed by atoms with Crippen LogP contribution in [-0.2, 0) is 13.5 Å². The van der Waals surface area contributed by atoms with Gasteiger partial charge >= 0.3 is 0 Å². The first-order valence-corrected chi connectivity index (χ1v) is 13.0. The molecule has 0 aliphatic heterocycles. The lowest BCUT2D eigenvalue weighted by atomic mass is 9.95. The maximum absolute atomic E-state index is 2.58. The van der Waals surface area contributed by atoms with Gasteiger partial charge in [-0.25, -0.2) is 0 Å². The molecule has 0 bridgehead atoms. The topological polar surface area (TPSA) is 9.86 Å². The van der Waals surface area contributed by atoms with Crippen molar-refractivity contribution >= 4 is 49.6 Å². The zero-order chi connectivity index (χ0) is 23.1. The van der Waals surface area contributed by atoms with Gasteiger partial charge in [-0.15, -0.1) is 0 Å². The maximum Gasteiger partial charge on any atom is 0.0556 e. The van der Waals surface area contributed by atoms with Gasteiger partial charge in [0.2, 0.25) is 0 Å². The minimum absolute atomic E-state index is 1.01. The third-order valence-electron chi connectivity index (χ3n) is 8.55. The SMILES string of the molecule is Cn1c2cc(C3=CC=CCC3)ccc2c2cc3c4c(n(C5=CC=CC5)c3cc21)CC1=C4C=CCC1. The first-order valence-electron chi connectivity index (χ1n) is 13.0. The molecule has 8 rings (SSSR count). The second-order valence-electron chi connectivity index (χ2n) is 10.4. The predicted molar refractivity (Wildman–Crippen MR) is 149 cm³/mol. The number of aryl methyl sites for hydroxylation is 1. The van der Waals surface area contributed by atoms with Gasteiger partial charge in [0.25, 0.3) is 0 Å². The number of fused-ring (bicyclic) bond motifs is 7. The second-order valence-corrected chi connectivity index (χ2v) is 10.4. The van der Waals surface area contributed by atoms with Crippen molar-refractivity contribution in [2.75, 3.05) is 0 Å². The van der Waals surface area contributed by atoms with E-state index in [1.807, 2.05) is 0 Å². The van der Waals surface area contributed by atoms with E-state index in [1.54, 1.807) is 5.57 Å². The van der Waals surface area contributed by atoms with Crippen LogP contribution in [0.15, 0.2) is 84.5 Å². The van der Waals surface area contributed by atoms with Gasteiger partial charge in [0, 0.05) is 58.5 Å². The molecule has 4 aliphatic rings. The maximum atomic E-state index is 2.58. The summed E-state index contributed by atoms with van der Waals surface area (Å²) in [4.78, 5) is 0. The molecule has 0 fully saturated rings. The van der Waals surface area contributed by atoms with Crippen LogP contribution in [0, 0.1) is 0 Å². The zero-order valence-corrected chi connectivity index (χ0v) is 20.1. The van der Waals surface area contributed by atoms with Crippen molar-refractivity contribution in [3.05, 3.63) is 101 Å². The lowest BCUT2D eigenvalue weighted by Gasteiger charge is -2.13. The normalized spacial score (nSPS) is 18.8. The van der Waals surface area contributed by atoms with Crippen LogP contribution < -0.4 is 0 Å². The van der Waals surface area contributed by atoms with Crippen molar-refractivity contribution < 1.29 is 0 Å². The highest BCUT2D eigenvalue weighted by molar-refractivity contribution is 6.15. The number of rotatable bonds is 2. The summed E-state index contributed by atoms with van der Waals surface area (Å²) in [6.07, 6.45) is 25.0. The Bertz CT molecular complexity index is 1790. The first kappa shape index (κ1) is 19.5. The highest BCUT2D eigenvalue weighted by Gasteiger charge is 2.30. The Labute approximate surface area is 205 Å². The van der Waals surface area contributed by atoms with Crippen LogP contribution in [0.3, 0.4) is 0 Å². The van der Waals surface area contributed by atoms with Gasteiger partial charge in [-0.2, -0.15) is 0 Å². The first-order chi connectivity index (χ1) is 17.3. The van der Waals surface area contributed by atoms with E-state index in [1.165, 1.54) is 79.2 Å². The van der Waals surface area contributed by atoms with Crippen molar-refractivity contribution in [3.8, 4) is 0 Å². The number of nitrogens with zero attached hydrogens (tertiary/aromatic N) is 2.